The molecule has 0 spiro atoms. The second kappa shape index (κ2) is 10.6. The summed E-state index contributed by atoms with van der Waals surface area (Å²) in [5.74, 6) is -1.22. The van der Waals surface area contributed by atoms with E-state index in [9.17, 15) is 4.79 Å². The number of halogens is 1. The molecule has 0 saturated carbocycles. The number of ether oxygens (including phenoxy) is 1. The van der Waals surface area contributed by atoms with Crippen molar-refractivity contribution in [3.05, 3.63) is 108 Å². The van der Waals surface area contributed by atoms with Gasteiger partial charge in [-0.3, -0.25) is 4.79 Å². The number of hydrogen-bond acceptors (Lipinski definition) is 7. The average molecular weight is 473 g/mol. The molecule has 4 rings (SSSR count). The molecule has 0 radical (unpaired) electrons. The molecule has 2 heterocycles. The standard InChI is InChI=1S/C26H25FN6O2/c1-35-21-14-18(12-13-30-21)31-25-19(24(29)34)15-20(27)26(33-25)32-23(17-10-6-3-7-11-17)22(28)16-8-4-2-5-9-16/h2-15,22-23H,28H2,1H3,(H2,29,34)(H2,30,31,32,33). The van der Waals surface area contributed by atoms with E-state index >= 15 is 4.39 Å². The van der Waals surface area contributed by atoms with Crippen molar-refractivity contribution in [3.63, 3.8) is 0 Å². The van der Waals surface area contributed by atoms with E-state index in [0.717, 1.165) is 17.2 Å². The van der Waals surface area contributed by atoms with E-state index in [1.54, 1.807) is 12.1 Å². The number of nitrogens with two attached hydrogens (primary N) is 2. The van der Waals surface area contributed by atoms with Gasteiger partial charge in [0.1, 0.15) is 5.82 Å². The first-order chi connectivity index (χ1) is 17.0. The van der Waals surface area contributed by atoms with E-state index in [2.05, 4.69) is 20.6 Å². The van der Waals surface area contributed by atoms with Gasteiger partial charge in [-0.15, -0.1) is 0 Å². The Morgan fingerprint density at radius 3 is 2.26 bits per heavy atom. The number of carbonyl (C=O) groups excluding carboxylic acids is 1. The summed E-state index contributed by atoms with van der Waals surface area (Å²) in [6.07, 6.45) is 1.53. The van der Waals surface area contributed by atoms with Gasteiger partial charge < -0.3 is 26.8 Å². The minimum absolute atomic E-state index is 0.0785. The van der Waals surface area contributed by atoms with E-state index < -0.39 is 23.8 Å². The second-order valence-electron chi connectivity index (χ2n) is 7.76. The fourth-order valence-electron chi connectivity index (χ4n) is 3.66. The van der Waals surface area contributed by atoms with Crippen LogP contribution < -0.4 is 26.8 Å². The topological polar surface area (TPSA) is 128 Å². The summed E-state index contributed by atoms with van der Waals surface area (Å²) in [5, 5.41) is 6.14. The minimum Gasteiger partial charge on any atom is -0.481 e. The summed E-state index contributed by atoms with van der Waals surface area (Å²) in [6.45, 7) is 0. The Hall–Kier alpha value is -4.50. The van der Waals surface area contributed by atoms with Crippen LogP contribution in [0.25, 0.3) is 0 Å². The summed E-state index contributed by atoms with van der Waals surface area (Å²) in [5.41, 5.74) is 14.3. The summed E-state index contributed by atoms with van der Waals surface area (Å²) in [7, 11) is 1.48. The molecule has 0 aliphatic carbocycles. The van der Waals surface area contributed by atoms with Crippen LogP contribution in [-0.4, -0.2) is 23.0 Å². The third-order valence-electron chi connectivity index (χ3n) is 5.44. The molecular formula is C26H25FN6O2. The van der Waals surface area contributed by atoms with Crippen molar-refractivity contribution in [2.24, 2.45) is 11.5 Å². The maximum Gasteiger partial charge on any atom is 0.252 e. The van der Waals surface area contributed by atoms with Crippen LogP contribution in [0.4, 0.5) is 21.7 Å². The van der Waals surface area contributed by atoms with Crippen molar-refractivity contribution in [1.29, 1.82) is 0 Å². The fraction of sp³-hybridized carbons (Fsp3) is 0.115. The van der Waals surface area contributed by atoms with E-state index in [4.69, 9.17) is 16.2 Å². The predicted molar refractivity (Wildman–Crippen MR) is 133 cm³/mol. The Morgan fingerprint density at radius 1 is 0.971 bits per heavy atom. The Bertz CT molecular complexity index is 1300. The summed E-state index contributed by atoms with van der Waals surface area (Å²) < 4.78 is 20.3. The molecule has 0 aliphatic rings. The number of nitrogens with zero attached hydrogens (tertiary/aromatic N) is 2. The molecule has 4 aromatic rings. The molecule has 178 valence electrons. The van der Waals surface area contributed by atoms with Crippen LogP contribution in [0.5, 0.6) is 5.88 Å². The van der Waals surface area contributed by atoms with Crippen molar-refractivity contribution in [1.82, 2.24) is 9.97 Å². The van der Waals surface area contributed by atoms with Crippen molar-refractivity contribution >= 4 is 23.2 Å². The number of carbonyl (C=O) groups is 1. The zero-order chi connectivity index (χ0) is 24.8. The van der Waals surface area contributed by atoms with Crippen LogP contribution in [-0.2, 0) is 0 Å². The van der Waals surface area contributed by atoms with Gasteiger partial charge in [0.25, 0.3) is 5.91 Å². The maximum atomic E-state index is 15.2. The fourth-order valence-corrected chi connectivity index (χ4v) is 3.66. The number of benzene rings is 2. The van der Waals surface area contributed by atoms with Crippen molar-refractivity contribution in [2.45, 2.75) is 12.1 Å². The lowest BCUT2D eigenvalue weighted by molar-refractivity contribution is 0.100. The van der Waals surface area contributed by atoms with E-state index in [1.165, 1.54) is 13.3 Å². The Kier molecular flexibility index (Phi) is 7.18. The van der Waals surface area contributed by atoms with Crippen LogP contribution in [0.1, 0.15) is 33.6 Å². The lowest BCUT2D eigenvalue weighted by atomic mass is 9.94. The molecular weight excluding hydrogens is 447 g/mol. The summed E-state index contributed by atoms with van der Waals surface area (Å²) in [4.78, 5) is 20.5. The van der Waals surface area contributed by atoms with Gasteiger partial charge in [0.05, 0.1) is 24.8 Å². The zero-order valence-electron chi connectivity index (χ0n) is 19.0. The van der Waals surface area contributed by atoms with Crippen molar-refractivity contribution in [2.75, 3.05) is 17.7 Å². The third-order valence-corrected chi connectivity index (χ3v) is 5.44. The Balaban J connectivity index is 1.73. The van der Waals surface area contributed by atoms with Crippen LogP contribution in [0, 0.1) is 5.82 Å². The number of rotatable bonds is 9. The molecule has 0 bridgehead atoms. The molecule has 8 nitrogen and oxygen atoms in total. The Labute approximate surface area is 202 Å². The molecule has 2 aromatic carbocycles. The van der Waals surface area contributed by atoms with Crippen LogP contribution in [0.2, 0.25) is 0 Å². The summed E-state index contributed by atoms with van der Waals surface area (Å²) in [6, 6.07) is 22.2. The average Bonchev–Trinajstić information content (AvgIpc) is 2.89. The van der Waals surface area contributed by atoms with Crippen molar-refractivity contribution < 1.29 is 13.9 Å². The highest BCUT2D eigenvalue weighted by atomic mass is 19.1. The van der Waals surface area contributed by atoms with Crippen LogP contribution in [0.3, 0.4) is 0 Å². The zero-order valence-corrected chi connectivity index (χ0v) is 19.0. The molecule has 6 N–H and O–H groups in total. The lowest BCUT2D eigenvalue weighted by Gasteiger charge is -2.27. The highest BCUT2D eigenvalue weighted by molar-refractivity contribution is 5.98. The SMILES string of the molecule is COc1cc(Nc2nc(NC(c3ccccc3)C(N)c3ccccc3)c(F)cc2C(N)=O)ccn1. The van der Waals surface area contributed by atoms with Gasteiger partial charge in [0, 0.05) is 18.0 Å². The first-order valence-electron chi connectivity index (χ1n) is 10.9. The van der Waals surface area contributed by atoms with Gasteiger partial charge in [-0.05, 0) is 23.3 Å². The smallest absolute Gasteiger partial charge is 0.252 e. The van der Waals surface area contributed by atoms with Gasteiger partial charge in [0.2, 0.25) is 5.88 Å². The first kappa shape index (κ1) is 23.7. The number of methoxy groups -OCH3 is 1. The van der Waals surface area contributed by atoms with Crippen molar-refractivity contribution in [3.8, 4) is 5.88 Å². The lowest BCUT2D eigenvalue weighted by Crippen LogP contribution is -2.27. The van der Waals surface area contributed by atoms with Crippen LogP contribution >= 0.6 is 0 Å². The molecule has 0 aliphatic heterocycles. The van der Waals surface area contributed by atoms with Gasteiger partial charge >= 0.3 is 0 Å². The Morgan fingerprint density at radius 2 is 1.63 bits per heavy atom. The molecule has 2 aromatic heterocycles. The highest BCUT2D eigenvalue weighted by Gasteiger charge is 2.25. The molecule has 2 atom stereocenters. The molecule has 1 amide bonds. The molecule has 35 heavy (non-hydrogen) atoms. The monoisotopic (exact) mass is 472 g/mol. The summed E-state index contributed by atoms with van der Waals surface area (Å²) >= 11 is 0. The number of anilines is 3. The first-order valence-corrected chi connectivity index (χ1v) is 10.9. The molecule has 0 fully saturated rings. The largest absolute Gasteiger partial charge is 0.481 e. The highest BCUT2D eigenvalue weighted by Crippen LogP contribution is 2.32. The third kappa shape index (κ3) is 5.53. The number of pyridine rings is 2. The molecule has 9 heteroatoms. The normalized spacial score (nSPS) is 12.4. The van der Waals surface area contributed by atoms with E-state index in [0.29, 0.717) is 11.6 Å². The van der Waals surface area contributed by atoms with Gasteiger partial charge in [-0.2, -0.15) is 0 Å². The molecule has 0 saturated heterocycles. The number of nitrogens with one attached hydrogen (secondary N) is 2. The van der Waals surface area contributed by atoms with Crippen LogP contribution in [0.15, 0.2) is 85.1 Å². The quantitative estimate of drug-likeness (QED) is 0.286. The van der Waals surface area contributed by atoms with E-state index in [1.807, 2.05) is 60.7 Å². The number of amides is 1. The number of aromatic nitrogens is 2. The minimum atomic E-state index is -0.827. The maximum absolute atomic E-state index is 15.2. The number of hydrogen-bond donors (Lipinski definition) is 4. The van der Waals surface area contributed by atoms with Gasteiger partial charge in [0.15, 0.2) is 11.6 Å². The van der Waals surface area contributed by atoms with Gasteiger partial charge in [-0.25, -0.2) is 14.4 Å². The predicted octanol–water partition coefficient (Wildman–Crippen LogP) is 4.32. The van der Waals surface area contributed by atoms with E-state index in [-0.39, 0.29) is 17.2 Å². The number of primary amides is 1. The molecule has 2 unspecified atom stereocenters. The van der Waals surface area contributed by atoms with Gasteiger partial charge in [-0.1, -0.05) is 60.7 Å². The second-order valence-corrected chi connectivity index (χ2v) is 7.76.